The smallest absolute Gasteiger partial charge is 0.263 e. The molecule has 33 heavy (non-hydrogen) atoms. The first-order chi connectivity index (χ1) is 15.9. The van der Waals surface area contributed by atoms with Crippen molar-refractivity contribution in [2.75, 3.05) is 23.0 Å². The Bertz CT molecular complexity index is 1040. The Morgan fingerprint density at radius 2 is 1.30 bits per heavy atom. The maximum atomic E-state index is 12.3. The third kappa shape index (κ3) is 5.56. The molecule has 7 N–H and O–H groups in total. The van der Waals surface area contributed by atoms with E-state index < -0.39 is 12.5 Å². The quantitative estimate of drug-likeness (QED) is 0.255. The number of aliphatic hydroxyl groups is 1. The molecule has 0 saturated carbocycles. The van der Waals surface area contributed by atoms with E-state index in [0.29, 0.717) is 13.1 Å². The molecular formula is C21H24N8O4. The van der Waals surface area contributed by atoms with E-state index in [9.17, 15) is 20.1 Å². The molecule has 0 bridgehead atoms. The number of rotatable bonds is 8. The van der Waals surface area contributed by atoms with Crippen LogP contribution in [0.4, 0.5) is 17.8 Å². The molecule has 1 amide bonds. The number of aromatic hydroxyl groups is 2. The molecule has 1 aromatic heterocycles. The van der Waals surface area contributed by atoms with Crippen LogP contribution in [0.3, 0.4) is 0 Å². The number of aromatic nitrogens is 3. The van der Waals surface area contributed by atoms with Gasteiger partial charge in [0.15, 0.2) is 12.5 Å². The van der Waals surface area contributed by atoms with Crippen LogP contribution in [0.15, 0.2) is 48.5 Å². The Morgan fingerprint density at radius 3 is 1.73 bits per heavy atom. The Labute approximate surface area is 189 Å². The van der Waals surface area contributed by atoms with Gasteiger partial charge < -0.3 is 36.2 Å². The van der Waals surface area contributed by atoms with Crippen molar-refractivity contribution < 1.29 is 20.1 Å². The van der Waals surface area contributed by atoms with Crippen molar-refractivity contribution in [1.82, 2.24) is 25.2 Å². The maximum Gasteiger partial charge on any atom is 0.263 e. The summed E-state index contributed by atoms with van der Waals surface area (Å²) in [6.07, 6.45) is -2.02. The van der Waals surface area contributed by atoms with E-state index in [1.165, 1.54) is 7.05 Å². The summed E-state index contributed by atoms with van der Waals surface area (Å²) in [7, 11) is 1.48. The Hall–Kier alpha value is -4.16. The largest absolute Gasteiger partial charge is 0.508 e. The number of carbonyl (C=O) groups is 1. The van der Waals surface area contributed by atoms with Gasteiger partial charge in [0.25, 0.3) is 5.91 Å². The number of phenols is 2. The predicted molar refractivity (Wildman–Crippen MR) is 120 cm³/mol. The number of amides is 1. The predicted octanol–water partition coefficient (Wildman–Crippen LogP) is 0.582. The average Bonchev–Trinajstić information content (AvgIpc) is 3.04. The molecule has 1 aliphatic heterocycles. The lowest BCUT2D eigenvalue weighted by atomic mass is 10.2. The van der Waals surface area contributed by atoms with E-state index in [1.54, 1.807) is 48.5 Å². The molecule has 12 nitrogen and oxygen atoms in total. The van der Waals surface area contributed by atoms with E-state index in [-0.39, 0.29) is 35.3 Å². The number of nitrogens with zero attached hydrogens (tertiary/aromatic N) is 4. The number of hydrogen-bond donors (Lipinski definition) is 7. The number of benzene rings is 2. The van der Waals surface area contributed by atoms with Crippen LogP contribution >= 0.6 is 0 Å². The molecule has 4 rings (SSSR count). The van der Waals surface area contributed by atoms with Crippen LogP contribution in [-0.2, 0) is 17.9 Å². The number of anilines is 3. The number of phenolic OH excluding ortho intramolecular Hbond substituents is 2. The highest BCUT2D eigenvalue weighted by molar-refractivity contribution is 5.85. The van der Waals surface area contributed by atoms with Gasteiger partial charge in [-0.25, -0.2) is 5.32 Å². The molecule has 0 aliphatic carbocycles. The zero-order valence-corrected chi connectivity index (χ0v) is 17.7. The zero-order chi connectivity index (χ0) is 23.4. The molecule has 1 fully saturated rings. The van der Waals surface area contributed by atoms with Crippen molar-refractivity contribution in [3.63, 3.8) is 0 Å². The van der Waals surface area contributed by atoms with Crippen LogP contribution in [-0.4, -0.2) is 60.6 Å². The van der Waals surface area contributed by atoms with Crippen LogP contribution < -0.4 is 21.3 Å². The van der Waals surface area contributed by atoms with Gasteiger partial charge in [-0.05, 0) is 35.4 Å². The molecule has 2 heterocycles. The minimum absolute atomic E-state index is 0.125. The standard InChI is InChI=1S/C21H24N8O4/c1-29-17(32)16(25-21(29)33)24-20-27-18(22-10-12-2-6-14(30)7-3-12)26-19(28-20)23-11-13-4-8-15(31)9-5-13/h2-9,16,21,25,30-31,33H,10-11H2,1H3,(H3,22,23,24,26,27,28). The van der Waals surface area contributed by atoms with E-state index in [2.05, 4.69) is 36.2 Å². The van der Waals surface area contributed by atoms with Crippen molar-refractivity contribution in [2.24, 2.45) is 0 Å². The summed E-state index contributed by atoms with van der Waals surface area (Å²) >= 11 is 0. The lowest BCUT2D eigenvalue weighted by Crippen LogP contribution is -2.38. The summed E-state index contributed by atoms with van der Waals surface area (Å²) in [6.45, 7) is 0.784. The molecule has 2 unspecified atom stereocenters. The fourth-order valence-corrected chi connectivity index (χ4v) is 3.08. The Kier molecular flexibility index (Phi) is 6.38. The molecule has 3 aromatic rings. The molecular weight excluding hydrogens is 428 g/mol. The van der Waals surface area contributed by atoms with Gasteiger partial charge in [-0.3, -0.25) is 4.79 Å². The molecule has 2 aromatic carbocycles. The van der Waals surface area contributed by atoms with E-state index in [4.69, 9.17) is 0 Å². The summed E-state index contributed by atoms with van der Waals surface area (Å²) in [5.41, 5.74) is 1.80. The minimum Gasteiger partial charge on any atom is -0.508 e. The fourth-order valence-electron chi connectivity index (χ4n) is 3.08. The van der Waals surface area contributed by atoms with Crippen LogP contribution in [0.1, 0.15) is 11.1 Å². The van der Waals surface area contributed by atoms with Gasteiger partial charge in [0.2, 0.25) is 17.8 Å². The molecule has 0 radical (unpaired) electrons. The highest BCUT2D eigenvalue weighted by Crippen LogP contribution is 2.16. The van der Waals surface area contributed by atoms with Crippen LogP contribution in [0.25, 0.3) is 0 Å². The fraction of sp³-hybridized carbons (Fsp3) is 0.238. The maximum absolute atomic E-state index is 12.3. The van der Waals surface area contributed by atoms with Crippen molar-refractivity contribution in [3.8, 4) is 11.5 Å². The summed E-state index contributed by atoms with van der Waals surface area (Å²) in [4.78, 5) is 26.4. The summed E-state index contributed by atoms with van der Waals surface area (Å²) in [6, 6.07) is 13.4. The first kappa shape index (κ1) is 22.0. The van der Waals surface area contributed by atoms with Crippen molar-refractivity contribution in [1.29, 1.82) is 0 Å². The molecule has 172 valence electrons. The van der Waals surface area contributed by atoms with Crippen molar-refractivity contribution >= 4 is 23.8 Å². The third-order valence-electron chi connectivity index (χ3n) is 4.96. The lowest BCUT2D eigenvalue weighted by molar-refractivity contribution is -0.131. The molecule has 2 atom stereocenters. The average molecular weight is 452 g/mol. The second-order valence-electron chi connectivity index (χ2n) is 7.41. The number of nitrogens with one attached hydrogen (secondary N) is 4. The van der Waals surface area contributed by atoms with Gasteiger partial charge in [0.1, 0.15) is 11.5 Å². The molecule has 1 saturated heterocycles. The van der Waals surface area contributed by atoms with Gasteiger partial charge in [-0.2, -0.15) is 15.0 Å². The van der Waals surface area contributed by atoms with Crippen LogP contribution in [0.5, 0.6) is 11.5 Å². The van der Waals surface area contributed by atoms with Crippen molar-refractivity contribution in [2.45, 2.75) is 25.6 Å². The number of likely N-dealkylation sites (N-methyl/N-ethyl adjacent to an activating group) is 1. The molecule has 12 heteroatoms. The minimum atomic E-state index is -1.11. The molecule has 1 aliphatic rings. The van der Waals surface area contributed by atoms with Gasteiger partial charge >= 0.3 is 0 Å². The SMILES string of the molecule is CN1C(=O)C(Nc2nc(NCc3ccc(O)cc3)nc(NCc3ccc(O)cc3)n2)NC1O. The van der Waals surface area contributed by atoms with E-state index in [0.717, 1.165) is 16.0 Å². The van der Waals surface area contributed by atoms with E-state index in [1.807, 2.05) is 0 Å². The Morgan fingerprint density at radius 1 is 0.848 bits per heavy atom. The van der Waals surface area contributed by atoms with Crippen molar-refractivity contribution in [3.05, 3.63) is 59.7 Å². The Balaban J connectivity index is 1.51. The second-order valence-corrected chi connectivity index (χ2v) is 7.41. The summed E-state index contributed by atoms with van der Waals surface area (Å²) < 4.78 is 0. The third-order valence-corrected chi connectivity index (χ3v) is 4.96. The summed E-state index contributed by atoms with van der Waals surface area (Å²) in [5, 5.41) is 40.5. The van der Waals surface area contributed by atoms with Crippen LogP contribution in [0, 0.1) is 0 Å². The normalized spacial score (nSPS) is 17.8. The number of hydrogen-bond acceptors (Lipinski definition) is 11. The van der Waals surface area contributed by atoms with Gasteiger partial charge in [0.05, 0.1) is 0 Å². The highest BCUT2D eigenvalue weighted by atomic mass is 16.3. The topological polar surface area (TPSA) is 168 Å². The van der Waals surface area contributed by atoms with E-state index >= 15 is 0 Å². The monoisotopic (exact) mass is 452 g/mol. The summed E-state index contributed by atoms with van der Waals surface area (Å²) in [5.74, 6) is 0.625. The lowest BCUT2D eigenvalue weighted by Gasteiger charge is -2.14. The van der Waals surface area contributed by atoms with Gasteiger partial charge in [-0.15, -0.1) is 0 Å². The number of carbonyl (C=O) groups excluding carboxylic acids is 1. The first-order valence-corrected chi connectivity index (χ1v) is 10.1. The van der Waals surface area contributed by atoms with Gasteiger partial charge in [-0.1, -0.05) is 24.3 Å². The van der Waals surface area contributed by atoms with Gasteiger partial charge in [0, 0.05) is 20.1 Å². The number of aliphatic hydroxyl groups excluding tert-OH is 1. The first-order valence-electron chi connectivity index (χ1n) is 10.1. The van der Waals surface area contributed by atoms with Crippen LogP contribution in [0.2, 0.25) is 0 Å². The highest BCUT2D eigenvalue weighted by Gasteiger charge is 2.35. The molecule has 0 spiro atoms. The second kappa shape index (κ2) is 9.54. The zero-order valence-electron chi connectivity index (χ0n) is 17.7.